The summed E-state index contributed by atoms with van der Waals surface area (Å²) in [6.45, 7) is 3.85. The Hall–Kier alpha value is -1.32. The van der Waals surface area contributed by atoms with Crippen LogP contribution in [0.2, 0.25) is 0 Å². The molecule has 0 heterocycles. The van der Waals surface area contributed by atoms with E-state index in [9.17, 15) is 24.5 Å². The molecule has 1 amide bonds. The fourth-order valence-corrected chi connectivity index (χ4v) is 6.09. The van der Waals surface area contributed by atoms with Gasteiger partial charge < -0.3 is 26.2 Å². The van der Waals surface area contributed by atoms with Crippen molar-refractivity contribution in [3.05, 3.63) is 36.5 Å². The molecule has 0 aromatic carbocycles. The molecule has 0 saturated carbocycles. The SMILES string of the molecule is CCC/C=C/CC/C=C/CC/C=C/C(O)C(COP(=O)(O)OCCN)NC(=O)CC(O)CCCCCCCCCCCCCCCCC. The largest absolute Gasteiger partial charge is 0.472 e. The summed E-state index contributed by atoms with van der Waals surface area (Å²) in [4.78, 5) is 22.6. The van der Waals surface area contributed by atoms with Gasteiger partial charge in [-0.05, 0) is 38.5 Å². The van der Waals surface area contributed by atoms with Gasteiger partial charge in [0, 0.05) is 6.54 Å². The van der Waals surface area contributed by atoms with E-state index >= 15 is 0 Å². The summed E-state index contributed by atoms with van der Waals surface area (Å²) in [5.41, 5.74) is 5.34. The molecule has 0 aliphatic carbocycles. The number of carbonyl (C=O) groups is 1. The third-order valence-corrected chi connectivity index (χ3v) is 9.22. The van der Waals surface area contributed by atoms with Gasteiger partial charge >= 0.3 is 7.82 Å². The first-order valence-corrected chi connectivity index (χ1v) is 20.7. The lowest BCUT2D eigenvalue weighted by molar-refractivity contribution is -0.124. The normalized spacial score (nSPS) is 15.4. The van der Waals surface area contributed by atoms with Gasteiger partial charge in [-0.25, -0.2) is 4.57 Å². The number of amides is 1. The van der Waals surface area contributed by atoms with Gasteiger partial charge in [0.2, 0.25) is 5.91 Å². The minimum Gasteiger partial charge on any atom is -0.393 e. The first-order valence-electron chi connectivity index (χ1n) is 19.2. The predicted molar refractivity (Wildman–Crippen MR) is 200 cm³/mol. The topological polar surface area (TPSA) is 151 Å². The second-order valence-electron chi connectivity index (χ2n) is 13.0. The highest BCUT2D eigenvalue weighted by molar-refractivity contribution is 7.47. The van der Waals surface area contributed by atoms with Crippen molar-refractivity contribution in [1.29, 1.82) is 0 Å². The molecule has 0 aliphatic heterocycles. The van der Waals surface area contributed by atoms with E-state index in [-0.39, 0.29) is 19.6 Å². The average Bonchev–Trinajstić information content (AvgIpc) is 3.06. The molecule has 0 aliphatic rings. The summed E-state index contributed by atoms with van der Waals surface area (Å²) in [7, 11) is -4.40. The average molecular weight is 701 g/mol. The van der Waals surface area contributed by atoms with E-state index in [1.54, 1.807) is 6.08 Å². The molecule has 4 atom stereocenters. The molecule has 9 nitrogen and oxygen atoms in total. The third kappa shape index (κ3) is 31.9. The number of aliphatic hydroxyl groups excluding tert-OH is 2. The molecule has 0 aromatic rings. The number of rotatable bonds is 35. The molecule has 0 radical (unpaired) electrons. The van der Waals surface area contributed by atoms with Crippen LogP contribution in [-0.2, 0) is 18.4 Å². The lowest BCUT2D eigenvalue weighted by atomic mass is 10.0. The summed E-state index contributed by atoms with van der Waals surface area (Å²) >= 11 is 0. The number of nitrogens with one attached hydrogen (secondary N) is 1. The lowest BCUT2D eigenvalue weighted by Gasteiger charge is -2.24. The van der Waals surface area contributed by atoms with Crippen LogP contribution in [0.3, 0.4) is 0 Å². The maximum absolute atomic E-state index is 12.7. The van der Waals surface area contributed by atoms with E-state index in [2.05, 4.69) is 43.5 Å². The molecule has 10 heteroatoms. The van der Waals surface area contributed by atoms with Crippen molar-refractivity contribution in [3.8, 4) is 0 Å². The van der Waals surface area contributed by atoms with Gasteiger partial charge in [-0.1, -0.05) is 153 Å². The second-order valence-corrected chi connectivity index (χ2v) is 14.4. The summed E-state index contributed by atoms with van der Waals surface area (Å²) in [6, 6.07) is -1.00. The van der Waals surface area contributed by atoms with E-state index in [1.807, 2.05) is 6.08 Å². The van der Waals surface area contributed by atoms with Gasteiger partial charge in [0.05, 0.1) is 37.9 Å². The molecule has 282 valence electrons. The van der Waals surface area contributed by atoms with Crippen molar-refractivity contribution >= 4 is 13.7 Å². The molecule has 48 heavy (non-hydrogen) atoms. The maximum atomic E-state index is 12.7. The zero-order valence-electron chi connectivity index (χ0n) is 30.6. The second kappa shape index (κ2) is 34.1. The Kier molecular flexibility index (Phi) is 33.2. The molecular weight excluding hydrogens is 627 g/mol. The van der Waals surface area contributed by atoms with Gasteiger partial charge in [0.1, 0.15) is 0 Å². The molecule has 0 spiro atoms. The van der Waals surface area contributed by atoms with E-state index in [0.29, 0.717) is 12.8 Å². The van der Waals surface area contributed by atoms with Crippen molar-refractivity contribution in [2.45, 2.75) is 180 Å². The molecule has 0 rings (SSSR count). The fourth-order valence-electron chi connectivity index (χ4n) is 5.33. The van der Waals surface area contributed by atoms with E-state index in [1.165, 1.54) is 77.0 Å². The molecule has 0 saturated heterocycles. The van der Waals surface area contributed by atoms with Crippen LogP contribution in [0.5, 0.6) is 0 Å². The lowest BCUT2D eigenvalue weighted by Crippen LogP contribution is -2.46. The smallest absolute Gasteiger partial charge is 0.393 e. The Morgan fingerprint density at radius 2 is 1.19 bits per heavy atom. The van der Waals surface area contributed by atoms with Gasteiger partial charge in [-0.15, -0.1) is 0 Å². The van der Waals surface area contributed by atoms with Crippen LogP contribution in [0.25, 0.3) is 0 Å². The Morgan fingerprint density at radius 3 is 1.69 bits per heavy atom. The van der Waals surface area contributed by atoms with E-state index in [0.717, 1.165) is 51.4 Å². The molecule has 6 N–H and O–H groups in total. The molecule has 4 unspecified atom stereocenters. The number of hydrogen-bond acceptors (Lipinski definition) is 7. The van der Waals surface area contributed by atoms with Crippen molar-refractivity contribution in [1.82, 2.24) is 5.32 Å². The van der Waals surface area contributed by atoms with Crippen molar-refractivity contribution in [2.75, 3.05) is 19.8 Å². The Bertz CT molecular complexity index is 868. The number of hydrogen-bond donors (Lipinski definition) is 5. The minimum atomic E-state index is -4.40. The van der Waals surface area contributed by atoms with Crippen LogP contribution in [-0.4, -0.2) is 59.0 Å². The first-order chi connectivity index (χ1) is 23.3. The molecule has 0 fully saturated rings. The first kappa shape index (κ1) is 46.7. The highest BCUT2D eigenvalue weighted by Gasteiger charge is 2.27. The van der Waals surface area contributed by atoms with E-state index < -0.39 is 38.6 Å². The van der Waals surface area contributed by atoms with E-state index in [4.69, 9.17) is 14.8 Å². The van der Waals surface area contributed by atoms with Crippen molar-refractivity contribution < 1.29 is 33.5 Å². The number of phosphoric ester groups is 1. The zero-order valence-corrected chi connectivity index (χ0v) is 31.5. The standard InChI is InChI=1S/C38H73N2O7P/c1-3-5-7-9-11-13-15-16-17-18-20-21-23-25-27-29-35(41)33-38(43)40-36(34-47-48(44,45)46-32-31-39)37(42)30-28-26-24-22-19-14-12-10-8-6-4-2/h8,10,19,22,28,30,35-37,41-42H,3-7,9,11-18,20-21,23-27,29,31-34,39H2,1-2H3,(H,40,43)(H,44,45)/b10-8+,22-19+,30-28+. The van der Waals surface area contributed by atoms with Crippen LogP contribution >= 0.6 is 7.82 Å². The molecular formula is C38H73N2O7P. The van der Waals surface area contributed by atoms with Crippen LogP contribution in [0.1, 0.15) is 162 Å². The Labute approximate surface area is 293 Å². The number of nitrogens with two attached hydrogens (primary N) is 1. The Balaban J connectivity index is 4.42. The summed E-state index contributed by atoms with van der Waals surface area (Å²) in [5.74, 6) is -0.462. The molecule has 0 aromatic heterocycles. The van der Waals surface area contributed by atoms with Crippen LogP contribution in [0.4, 0.5) is 0 Å². The quantitative estimate of drug-likeness (QED) is 0.0250. The maximum Gasteiger partial charge on any atom is 0.472 e. The van der Waals surface area contributed by atoms with Gasteiger partial charge in [-0.3, -0.25) is 13.8 Å². The third-order valence-electron chi connectivity index (χ3n) is 8.23. The van der Waals surface area contributed by atoms with Gasteiger partial charge in [0.15, 0.2) is 0 Å². The van der Waals surface area contributed by atoms with Crippen LogP contribution in [0.15, 0.2) is 36.5 Å². The molecule has 0 bridgehead atoms. The van der Waals surface area contributed by atoms with Crippen molar-refractivity contribution in [3.63, 3.8) is 0 Å². The van der Waals surface area contributed by atoms with Crippen molar-refractivity contribution in [2.24, 2.45) is 5.73 Å². The fraction of sp³-hybridized carbons (Fsp3) is 0.816. The number of unbranched alkanes of at least 4 members (excludes halogenated alkanes) is 17. The monoisotopic (exact) mass is 701 g/mol. The van der Waals surface area contributed by atoms with Gasteiger partial charge in [-0.2, -0.15) is 0 Å². The summed E-state index contributed by atoms with van der Waals surface area (Å²) < 4.78 is 21.9. The number of aliphatic hydroxyl groups is 2. The highest BCUT2D eigenvalue weighted by Crippen LogP contribution is 2.43. The van der Waals surface area contributed by atoms with Crippen LogP contribution in [0, 0.1) is 0 Å². The highest BCUT2D eigenvalue weighted by atomic mass is 31.2. The summed E-state index contributed by atoms with van der Waals surface area (Å²) in [6.07, 6.45) is 35.2. The number of carbonyl (C=O) groups excluding carboxylic acids is 1. The van der Waals surface area contributed by atoms with Crippen LogP contribution < -0.4 is 11.1 Å². The number of phosphoric acid groups is 1. The van der Waals surface area contributed by atoms with Gasteiger partial charge in [0.25, 0.3) is 0 Å². The number of allylic oxidation sites excluding steroid dienone is 5. The Morgan fingerprint density at radius 1 is 0.708 bits per heavy atom. The summed E-state index contributed by atoms with van der Waals surface area (Å²) in [5, 5.41) is 23.9. The minimum absolute atomic E-state index is 0.0423. The zero-order chi connectivity index (χ0) is 35.6. The predicted octanol–water partition coefficient (Wildman–Crippen LogP) is 8.97.